The van der Waals surface area contributed by atoms with Gasteiger partial charge in [-0.15, -0.1) is 11.6 Å². The summed E-state index contributed by atoms with van der Waals surface area (Å²) < 4.78 is 29.1. The minimum absolute atomic E-state index is 0.121. The third-order valence-electron chi connectivity index (χ3n) is 3.97. The van der Waals surface area contributed by atoms with Crippen LogP contribution in [-0.4, -0.2) is 41.0 Å². The van der Waals surface area contributed by atoms with Gasteiger partial charge in [0.2, 0.25) is 10.0 Å². The molecule has 0 aliphatic carbocycles. The van der Waals surface area contributed by atoms with Crippen molar-refractivity contribution in [1.82, 2.24) is 14.1 Å². The number of alkyl halides is 1. The summed E-state index contributed by atoms with van der Waals surface area (Å²) in [5.41, 5.74) is 1.25. The minimum Gasteiger partial charge on any atom is -0.267 e. The highest BCUT2D eigenvalue weighted by molar-refractivity contribution is 7.89. The fourth-order valence-electron chi connectivity index (χ4n) is 3.00. The van der Waals surface area contributed by atoms with E-state index >= 15 is 0 Å². The number of hydrogen-bond donors (Lipinski definition) is 0. The largest absolute Gasteiger partial charge is 0.267 e. The third kappa shape index (κ3) is 2.61. The highest BCUT2D eigenvalue weighted by Crippen LogP contribution is 2.30. The monoisotopic (exact) mass is 319 g/mol. The fraction of sp³-hybridized carbons (Fsp3) is 0.769. The number of aromatic nitrogens is 2. The lowest BCUT2D eigenvalue weighted by Gasteiger charge is -2.23. The van der Waals surface area contributed by atoms with Crippen LogP contribution in [0.25, 0.3) is 0 Å². The zero-order valence-electron chi connectivity index (χ0n) is 12.3. The Morgan fingerprint density at radius 1 is 1.40 bits per heavy atom. The quantitative estimate of drug-likeness (QED) is 0.783. The number of nitrogens with zero attached hydrogens (tertiary/aromatic N) is 3. The molecule has 5 nitrogen and oxygen atoms in total. The van der Waals surface area contributed by atoms with Crippen molar-refractivity contribution >= 4 is 21.6 Å². The second kappa shape index (κ2) is 6.03. The Balaban J connectivity index is 2.44. The maximum Gasteiger partial charge on any atom is 0.246 e. The molecule has 20 heavy (non-hydrogen) atoms. The van der Waals surface area contributed by atoms with Gasteiger partial charge in [0.05, 0.1) is 17.9 Å². The Labute approximate surface area is 126 Å². The lowest BCUT2D eigenvalue weighted by Crippen LogP contribution is -2.35. The topological polar surface area (TPSA) is 55.2 Å². The molecule has 0 aromatic carbocycles. The van der Waals surface area contributed by atoms with E-state index in [1.807, 2.05) is 6.92 Å². The molecule has 1 aromatic rings. The van der Waals surface area contributed by atoms with Crippen molar-refractivity contribution < 1.29 is 8.42 Å². The van der Waals surface area contributed by atoms with Gasteiger partial charge in [-0.1, -0.05) is 6.92 Å². The molecular weight excluding hydrogens is 298 g/mol. The summed E-state index contributed by atoms with van der Waals surface area (Å²) in [6, 6.07) is 0.121. The van der Waals surface area contributed by atoms with E-state index in [1.54, 1.807) is 22.8 Å². The van der Waals surface area contributed by atoms with Crippen LogP contribution in [0.2, 0.25) is 0 Å². The molecule has 114 valence electrons. The van der Waals surface area contributed by atoms with E-state index < -0.39 is 10.0 Å². The number of rotatable bonds is 5. The molecule has 0 N–H and O–H groups in total. The van der Waals surface area contributed by atoms with Crippen molar-refractivity contribution in [2.45, 2.75) is 57.5 Å². The van der Waals surface area contributed by atoms with E-state index in [2.05, 4.69) is 5.10 Å². The van der Waals surface area contributed by atoms with Crippen molar-refractivity contribution in [2.24, 2.45) is 0 Å². The summed E-state index contributed by atoms with van der Waals surface area (Å²) in [6.07, 6.45) is 2.74. The number of aryl methyl sites for hydroxylation is 2. The Hall–Kier alpha value is -0.590. The van der Waals surface area contributed by atoms with Crippen LogP contribution in [0.4, 0.5) is 0 Å². The van der Waals surface area contributed by atoms with Gasteiger partial charge < -0.3 is 0 Å². The molecule has 0 bridgehead atoms. The molecular formula is C13H22ClN3O2S. The summed E-state index contributed by atoms with van der Waals surface area (Å²) in [7, 11) is -3.45. The maximum absolute atomic E-state index is 12.9. The van der Waals surface area contributed by atoms with Gasteiger partial charge in [-0.2, -0.15) is 9.40 Å². The van der Waals surface area contributed by atoms with Crippen molar-refractivity contribution in [1.29, 1.82) is 0 Å². The van der Waals surface area contributed by atoms with E-state index in [4.69, 9.17) is 11.6 Å². The molecule has 1 atom stereocenters. The van der Waals surface area contributed by atoms with Gasteiger partial charge in [0.15, 0.2) is 0 Å². The lowest BCUT2D eigenvalue weighted by atomic mass is 10.2. The van der Waals surface area contributed by atoms with Crippen LogP contribution in [0.5, 0.6) is 0 Å². The van der Waals surface area contributed by atoms with Gasteiger partial charge in [-0.3, -0.25) is 4.68 Å². The molecule has 1 fully saturated rings. The number of sulfonamides is 1. The van der Waals surface area contributed by atoms with Crippen LogP contribution in [0.1, 0.15) is 37.6 Å². The van der Waals surface area contributed by atoms with Gasteiger partial charge in [0.25, 0.3) is 0 Å². The van der Waals surface area contributed by atoms with E-state index in [9.17, 15) is 8.42 Å². The molecule has 0 saturated carbocycles. The van der Waals surface area contributed by atoms with Crippen molar-refractivity contribution in [3.05, 3.63) is 11.4 Å². The molecule has 0 amide bonds. The molecule has 1 aliphatic heterocycles. The predicted octanol–water partition coefficient (Wildman–Crippen LogP) is 2.30. The normalized spacial score (nSPS) is 20.7. The zero-order valence-corrected chi connectivity index (χ0v) is 13.8. The van der Waals surface area contributed by atoms with Gasteiger partial charge >= 0.3 is 0 Å². The fourth-order valence-corrected chi connectivity index (χ4v) is 5.31. The first-order valence-electron chi connectivity index (χ1n) is 7.05. The summed E-state index contributed by atoms with van der Waals surface area (Å²) in [5, 5.41) is 4.31. The van der Waals surface area contributed by atoms with Crippen LogP contribution < -0.4 is 0 Å². The summed E-state index contributed by atoms with van der Waals surface area (Å²) in [5.74, 6) is 0.419. The smallest absolute Gasteiger partial charge is 0.246 e. The zero-order chi connectivity index (χ0) is 14.9. The molecule has 0 spiro atoms. The molecule has 7 heteroatoms. The number of hydrogen-bond acceptors (Lipinski definition) is 3. The van der Waals surface area contributed by atoms with Crippen LogP contribution in [-0.2, 0) is 16.6 Å². The van der Waals surface area contributed by atoms with Crippen LogP contribution in [0.3, 0.4) is 0 Å². The van der Waals surface area contributed by atoms with Crippen molar-refractivity contribution in [3.8, 4) is 0 Å². The van der Waals surface area contributed by atoms with Crippen LogP contribution in [0.15, 0.2) is 4.90 Å². The summed E-state index contributed by atoms with van der Waals surface area (Å²) >= 11 is 5.74. The highest BCUT2D eigenvalue weighted by atomic mass is 35.5. The highest BCUT2D eigenvalue weighted by Gasteiger charge is 2.37. The average molecular weight is 320 g/mol. The lowest BCUT2D eigenvalue weighted by molar-refractivity contribution is 0.379. The first kappa shape index (κ1) is 15.8. The van der Waals surface area contributed by atoms with Crippen LogP contribution >= 0.6 is 11.6 Å². The maximum atomic E-state index is 12.9. The second-order valence-corrected chi connectivity index (χ2v) is 7.44. The molecule has 1 unspecified atom stereocenters. The van der Waals surface area contributed by atoms with E-state index in [-0.39, 0.29) is 6.04 Å². The molecule has 1 saturated heterocycles. The minimum atomic E-state index is -3.45. The first-order valence-corrected chi connectivity index (χ1v) is 9.02. The number of halogens is 1. The predicted molar refractivity (Wildman–Crippen MR) is 79.6 cm³/mol. The Bertz CT molecular complexity index is 583. The summed E-state index contributed by atoms with van der Waals surface area (Å²) in [6.45, 7) is 6.73. The summed E-state index contributed by atoms with van der Waals surface area (Å²) in [4.78, 5) is 0.364. The second-order valence-electron chi connectivity index (χ2n) is 5.23. The van der Waals surface area contributed by atoms with E-state index in [0.717, 1.165) is 19.3 Å². The molecule has 2 heterocycles. The molecule has 1 aliphatic rings. The Kier molecular flexibility index (Phi) is 4.76. The van der Waals surface area contributed by atoms with E-state index in [0.29, 0.717) is 35.3 Å². The third-order valence-corrected chi connectivity index (χ3v) is 6.35. The van der Waals surface area contributed by atoms with E-state index in [1.165, 1.54) is 0 Å². The van der Waals surface area contributed by atoms with Gasteiger partial charge in [-0.25, -0.2) is 8.42 Å². The SMILES string of the molecule is CCC1CCCN1S(=O)(=O)c1c(C)nn(CCCl)c1C. The molecule has 0 radical (unpaired) electrons. The van der Waals surface area contributed by atoms with Gasteiger partial charge in [-0.05, 0) is 33.1 Å². The standard InChI is InChI=1S/C13H22ClN3O2S/c1-4-12-6-5-8-17(12)20(18,19)13-10(2)15-16(9-7-14)11(13)3/h12H,4-9H2,1-3H3. The van der Waals surface area contributed by atoms with Crippen molar-refractivity contribution in [3.63, 3.8) is 0 Å². The van der Waals surface area contributed by atoms with Crippen LogP contribution in [0, 0.1) is 13.8 Å². The Morgan fingerprint density at radius 2 is 2.10 bits per heavy atom. The van der Waals surface area contributed by atoms with Crippen molar-refractivity contribution in [2.75, 3.05) is 12.4 Å². The molecule has 1 aromatic heterocycles. The molecule has 2 rings (SSSR count). The average Bonchev–Trinajstić information content (AvgIpc) is 2.96. The Morgan fingerprint density at radius 3 is 2.70 bits per heavy atom. The first-order chi connectivity index (χ1) is 9.43. The van der Waals surface area contributed by atoms with Gasteiger partial charge in [0.1, 0.15) is 4.90 Å². The van der Waals surface area contributed by atoms with Gasteiger partial charge in [0, 0.05) is 18.5 Å².